The summed E-state index contributed by atoms with van der Waals surface area (Å²) in [6, 6.07) is 17.9. The average molecular weight is 368 g/mol. The van der Waals surface area contributed by atoms with Crippen molar-refractivity contribution in [3.63, 3.8) is 0 Å². The number of hydrogen-bond donors (Lipinski definition) is 1. The quantitative estimate of drug-likeness (QED) is 0.702. The van der Waals surface area contributed by atoms with Crippen molar-refractivity contribution in [1.82, 2.24) is 10.2 Å². The topological polar surface area (TPSA) is 58.6 Å². The smallest absolute Gasteiger partial charge is 0.239 e. The Hall–Kier alpha value is -2.82. The fourth-order valence-corrected chi connectivity index (χ4v) is 2.94. The summed E-state index contributed by atoms with van der Waals surface area (Å²) in [5.74, 6) is 0.598. The molecule has 2 amide bonds. The minimum absolute atomic E-state index is 0.0806. The van der Waals surface area contributed by atoms with Crippen LogP contribution in [-0.2, 0) is 22.4 Å². The van der Waals surface area contributed by atoms with Crippen LogP contribution in [0.2, 0.25) is 0 Å². The number of methoxy groups -OCH3 is 1. The standard InChI is InChI=1S/C22H28N2O3/c1-18(25)24(16-8-11-19-9-4-3-5-10-19)17-22(26)23-15-14-20-12-6-7-13-21(20)27-2/h3-7,9-10,12-13H,8,11,14-17H2,1-2H3,(H,23,26). The van der Waals surface area contributed by atoms with Crippen molar-refractivity contribution in [1.29, 1.82) is 0 Å². The third-order valence-corrected chi connectivity index (χ3v) is 4.43. The molecule has 0 radical (unpaired) electrons. The zero-order chi connectivity index (χ0) is 19.5. The molecule has 1 N–H and O–H groups in total. The molecule has 0 fully saturated rings. The monoisotopic (exact) mass is 368 g/mol. The van der Waals surface area contributed by atoms with E-state index in [1.165, 1.54) is 12.5 Å². The third-order valence-electron chi connectivity index (χ3n) is 4.43. The van der Waals surface area contributed by atoms with E-state index in [1.54, 1.807) is 12.0 Å². The largest absolute Gasteiger partial charge is 0.496 e. The first-order chi connectivity index (χ1) is 13.1. The van der Waals surface area contributed by atoms with Crippen LogP contribution < -0.4 is 10.1 Å². The van der Waals surface area contributed by atoms with Gasteiger partial charge in [0.15, 0.2) is 0 Å². The highest BCUT2D eigenvalue weighted by Gasteiger charge is 2.13. The van der Waals surface area contributed by atoms with Gasteiger partial charge in [-0.15, -0.1) is 0 Å². The molecule has 0 aliphatic heterocycles. The van der Waals surface area contributed by atoms with Gasteiger partial charge < -0.3 is 15.0 Å². The molecule has 2 aromatic carbocycles. The molecule has 5 nitrogen and oxygen atoms in total. The number of carbonyl (C=O) groups is 2. The van der Waals surface area contributed by atoms with Crippen LogP contribution in [0.4, 0.5) is 0 Å². The molecular weight excluding hydrogens is 340 g/mol. The Labute approximate surface area is 161 Å². The summed E-state index contributed by atoms with van der Waals surface area (Å²) in [6.45, 7) is 2.68. The molecule has 2 aromatic rings. The van der Waals surface area contributed by atoms with E-state index in [9.17, 15) is 9.59 Å². The number of ether oxygens (including phenoxy) is 1. The van der Waals surface area contributed by atoms with E-state index in [1.807, 2.05) is 42.5 Å². The van der Waals surface area contributed by atoms with Crippen LogP contribution in [0, 0.1) is 0 Å². The highest BCUT2D eigenvalue weighted by molar-refractivity contribution is 5.83. The maximum absolute atomic E-state index is 12.2. The molecule has 0 unspecified atom stereocenters. The average Bonchev–Trinajstić information content (AvgIpc) is 2.68. The lowest BCUT2D eigenvalue weighted by molar-refractivity contribution is -0.134. The molecular formula is C22H28N2O3. The lowest BCUT2D eigenvalue weighted by Crippen LogP contribution is -2.40. The summed E-state index contributed by atoms with van der Waals surface area (Å²) in [6.07, 6.45) is 2.40. The van der Waals surface area contributed by atoms with Gasteiger partial charge in [0.1, 0.15) is 5.75 Å². The van der Waals surface area contributed by atoms with Crippen LogP contribution in [-0.4, -0.2) is 43.5 Å². The molecule has 144 valence electrons. The molecule has 0 saturated heterocycles. The number of carbonyl (C=O) groups excluding carboxylic acids is 2. The van der Waals surface area contributed by atoms with Crippen molar-refractivity contribution >= 4 is 11.8 Å². The first-order valence-corrected chi connectivity index (χ1v) is 9.28. The van der Waals surface area contributed by atoms with Crippen molar-refractivity contribution in [2.24, 2.45) is 0 Å². The lowest BCUT2D eigenvalue weighted by atomic mass is 10.1. The summed E-state index contributed by atoms with van der Waals surface area (Å²) in [4.78, 5) is 25.6. The second kappa shape index (κ2) is 11.0. The van der Waals surface area contributed by atoms with Crippen LogP contribution in [0.5, 0.6) is 5.75 Å². The summed E-state index contributed by atoms with van der Waals surface area (Å²) >= 11 is 0. The Bertz CT molecular complexity index is 731. The van der Waals surface area contributed by atoms with Crippen molar-refractivity contribution in [3.05, 3.63) is 65.7 Å². The highest BCUT2D eigenvalue weighted by Crippen LogP contribution is 2.17. The molecule has 0 saturated carbocycles. The van der Waals surface area contributed by atoms with E-state index < -0.39 is 0 Å². The second-order valence-corrected chi connectivity index (χ2v) is 6.44. The molecule has 5 heteroatoms. The van der Waals surface area contributed by atoms with E-state index in [-0.39, 0.29) is 18.4 Å². The molecule has 0 aliphatic carbocycles. The van der Waals surface area contributed by atoms with Gasteiger partial charge >= 0.3 is 0 Å². The maximum Gasteiger partial charge on any atom is 0.239 e. The van der Waals surface area contributed by atoms with E-state index in [2.05, 4.69) is 17.4 Å². The Balaban J connectivity index is 1.74. The van der Waals surface area contributed by atoms with Gasteiger partial charge in [-0.2, -0.15) is 0 Å². The number of nitrogens with zero attached hydrogens (tertiary/aromatic N) is 1. The minimum atomic E-state index is -0.139. The van der Waals surface area contributed by atoms with E-state index >= 15 is 0 Å². The van der Waals surface area contributed by atoms with Crippen LogP contribution >= 0.6 is 0 Å². The Kier molecular flexibility index (Phi) is 8.36. The number of benzene rings is 2. The van der Waals surface area contributed by atoms with Crippen molar-refractivity contribution in [3.8, 4) is 5.75 Å². The molecule has 0 atom stereocenters. The number of aryl methyl sites for hydroxylation is 1. The number of nitrogens with one attached hydrogen (secondary N) is 1. The zero-order valence-electron chi connectivity index (χ0n) is 16.1. The van der Waals surface area contributed by atoms with Gasteiger partial charge in [0.25, 0.3) is 0 Å². The molecule has 0 aliphatic rings. The van der Waals surface area contributed by atoms with Gasteiger partial charge in [0.2, 0.25) is 11.8 Å². The Morgan fingerprint density at radius 3 is 2.41 bits per heavy atom. The fourth-order valence-electron chi connectivity index (χ4n) is 2.94. The van der Waals surface area contributed by atoms with E-state index in [4.69, 9.17) is 4.74 Å². The van der Waals surface area contributed by atoms with E-state index in [0.29, 0.717) is 19.5 Å². The highest BCUT2D eigenvalue weighted by atomic mass is 16.5. The molecule has 0 bridgehead atoms. The van der Waals surface area contributed by atoms with Crippen molar-refractivity contribution < 1.29 is 14.3 Å². The summed E-state index contributed by atoms with van der Waals surface area (Å²) in [5.41, 5.74) is 2.29. The van der Waals surface area contributed by atoms with Gasteiger partial charge in [-0.05, 0) is 36.5 Å². The predicted octanol–water partition coefficient (Wildman–Crippen LogP) is 2.84. The summed E-state index contributed by atoms with van der Waals surface area (Å²) in [7, 11) is 1.64. The first kappa shape index (κ1) is 20.5. The predicted molar refractivity (Wildman–Crippen MR) is 107 cm³/mol. The number of rotatable bonds is 10. The number of hydrogen-bond acceptors (Lipinski definition) is 3. The number of para-hydroxylation sites is 1. The fraction of sp³-hybridized carbons (Fsp3) is 0.364. The van der Waals surface area contributed by atoms with Gasteiger partial charge in [-0.25, -0.2) is 0 Å². The molecule has 0 spiro atoms. The van der Waals surface area contributed by atoms with Gasteiger partial charge in [-0.3, -0.25) is 9.59 Å². The Morgan fingerprint density at radius 2 is 1.70 bits per heavy atom. The SMILES string of the molecule is COc1ccccc1CCNC(=O)CN(CCCc1ccccc1)C(C)=O. The summed E-state index contributed by atoms with van der Waals surface area (Å²) < 4.78 is 5.31. The minimum Gasteiger partial charge on any atom is -0.496 e. The normalized spacial score (nSPS) is 10.3. The van der Waals surface area contributed by atoms with Crippen molar-refractivity contribution in [2.75, 3.05) is 26.7 Å². The Morgan fingerprint density at radius 1 is 1.00 bits per heavy atom. The van der Waals surface area contributed by atoms with Gasteiger partial charge in [0, 0.05) is 20.0 Å². The molecule has 0 aromatic heterocycles. The maximum atomic E-state index is 12.2. The van der Waals surface area contributed by atoms with E-state index in [0.717, 1.165) is 24.2 Å². The summed E-state index contributed by atoms with van der Waals surface area (Å²) in [5, 5.41) is 2.89. The van der Waals surface area contributed by atoms with Crippen LogP contribution in [0.3, 0.4) is 0 Å². The number of amides is 2. The van der Waals surface area contributed by atoms with Crippen LogP contribution in [0.25, 0.3) is 0 Å². The van der Waals surface area contributed by atoms with Crippen LogP contribution in [0.15, 0.2) is 54.6 Å². The third kappa shape index (κ3) is 7.13. The molecule has 0 heterocycles. The molecule has 2 rings (SSSR count). The molecule has 27 heavy (non-hydrogen) atoms. The second-order valence-electron chi connectivity index (χ2n) is 6.44. The van der Waals surface area contributed by atoms with Crippen LogP contribution in [0.1, 0.15) is 24.5 Å². The van der Waals surface area contributed by atoms with Gasteiger partial charge in [0.05, 0.1) is 13.7 Å². The lowest BCUT2D eigenvalue weighted by Gasteiger charge is -2.20. The first-order valence-electron chi connectivity index (χ1n) is 9.28. The zero-order valence-corrected chi connectivity index (χ0v) is 16.1. The van der Waals surface area contributed by atoms with Gasteiger partial charge in [-0.1, -0.05) is 48.5 Å². The van der Waals surface area contributed by atoms with Crippen molar-refractivity contribution in [2.45, 2.75) is 26.2 Å².